The summed E-state index contributed by atoms with van der Waals surface area (Å²) in [5, 5.41) is 9.12. The zero-order valence-corrected chi connectivity index (χ0v) is 19.5. The maximum Gasteiger partial charge on any atom is 0.229 e. The lowest BCUT2D eigenvalue weighted by molar-refractivity contribution is -0.127. The van der Waals surface area contributed by atoms with Crippen LogP contribution in [0.15, 0.2) is 71.6 Å². The summed E-state index contributed by atoms with van der Waals surface area (Å²) in [6.45, 7) is 0.704. The average molecular weight is 484 g/mol. The Bertz CT molecular complexity index is 1170. The molecule has 3 aromatic rings. The van der Waals surface area contributed by atoms with Crippen LogP contribution in [-0.4, -0.2) is 31.2 Å². The Morgan fingerprint density at radius 2 is 1.64 bits per heavy atom. The molecular weight excluding hydrogens is 461 g/mol. The van der Waals surface area contributed by atoms with E-state index in [-0.39, 0.29) is 11.6 Å². The Balaban J connectivity index is 1.45. The highest BCUT2D eigenvalue weighted by molar-refractivity contribution is 7.98. The van der Waals surface area contributed by atoms with Gasteiger partial charge in [0.1, 0.15) is 5.82 Å². The highest BCUT2D eigenvalue weighted by atomic mass is 35.5. The second kappa shape index (κ2) is 10.4. The summed E-state index contributed by atoms with van der Waals surface area (Å²) in [4.78, 5) is 26.7. The van der Waals surface area contributed by atoms with Crippen LogP contribution in [0.4, 0.5) is 15.8 Å². The molecule has 2 amide bonds. The molecule has 1 heterocycles. The molecule has 0 saturated carbocycles. The lowest BCUT2D eigenvalue weighted by Gasteiger charge is -2.18. The summed E-state index contributed by atoms with van der Waals surface area (Å²) in [7, 11) is 0. The molecule has 0 bridgehead atoms. The first-order valence-electron chi connectivity index (χ1n) is 10.5. The van der Waals surface area contributed by atoms with E-state index in [1.54, 1.807) is 48.2 Å². The number of carbonyl (C=O) groups excluding carboxylic acids is 2. The van der Waals surface area contributed by atoms with E-state index in [9.17, 15) is 14.0 Å². The summed E-state index contributed by atoms with van der Waals surface area (Å²) in [5.74, 6) is -2.38. The van der Waals surface area contributed by atoms with Crippen molar-refractivity contribution >= 4 is 46.6 Å². The van der Waals surface area contributed by atoms with Gasteiger partial charge in [0.25, 0.3) is 0 Å². The lowest BCUT2D eigenvalue weighted by Crippen LogP contribution is -2.35. The molecule has 33 heavy (non-hydrogen) atoms. The number of anilines is 2. The van der Waals surface area contributed by atoms with Crippen LogP contribution in [0.3, 0.4) is 0 Å². The van der Waals surface area contributed by atoms with Crippen molar-refractivity contribution in [3.8, 4) is 11.1 Å². The monoisotopic (exact) mass is 483 g/mol. The molecule has 0 spiro atoms. The van der Waals surface area contributed by atoms with E-state index in [1.807, 2.05) is 30.5 Å². The zero-order chi connectivity index (χ0) is 23.4. The number of benzene rings is 3. The first-order valence-corrected chi connectivity index (χ1v) is 12.1. The number of hydrogen-bond acceptors (Lipinski definition) is 4. The molecule has 0 aliphatic carbocycles. The second-order valence-corrected chi connectivity index (χ2v) is 9.04. The standard InChI is InChI=1S/C25H23ClFN3O2S/c1-33-23-5-3-2-4-18(23)15-6-11-22(21(27)12-15)30-25(32)20-14-28-13-19(20)24(31)29-17-9-7-16(26)8-10-17/h2-12,19-20,28H,13-14H2,1H3,(H,29,31)(H,30,32)/t19-,20-/m0/s1. The fraction of sp³-hybridized carbons (Fsp3) is 0.200. The molecule has 4 rings (SSSR count). The van der Waals surface area contributed by atoms with Crippen molar-refractivity contribution < 1.29 is 14.0 Å². The van der Waals surface area contributed by atoms with E-state index in [0.717, 1.165) is 16.0 Å². The molecular formula is C25H23ClFN3O2S. The third-order valence-corrected chi connectivity index (χ3v) is 6.69. The second-order valence-electron chi connectivity index (χ2n) is 7.75. The molecule has 3 N–H and O–H groups in total. The smallest absolute Gasteiger partial charge is 0.229 e. The van der Waals surface area contributed by atoms with Gasteiger partial charge in [-0.1, -0.05) is 35.9 Å². The van der Waals surface area contributed by atoms with Gasteiger partial charge in [-0.2, -0.15) is 0 Å². The van der Waals surface area contributed by atoms with Crippen LogP contribution < -0.4 is 16.0 Å². The lowest BCUT2D eigenvalue weighted by atomic mass is 9.94. The highest BCUT2D eigenvalue weighted by Gasteiger charge is 2.38. The molecule has 0 unspecified atom stereocenters. The van der Waals surface area contributed by atoms with E-state index in [1.165, 1.54) is 6.07 Å². The van der Waals surface area contributed by atoms with Crippen LogP contribution in [0, 0.1) is 17.7 Å². The number of carbonyl (C=O) groups is 2. The molecule has 2 atom stereocenters. The third kappa shape index (κ3) is 5.38. The van der Waals surface area contributed by atoms with Crippen molar-refractivity contribution in [3.63, 3.8) is 0 Å². The Morgan fingerprint density at radius 3 is 2.30 bits per heavy atom. The van der Waals surface area contributed by atoms with Gasteiger partial charge in [-0.25, -0.2) is 4.39 Å². The number of amides is 2. The van der Waals surface area contributed by atoms with Crippen molar-refractivity contribution in [3.05, 3.63) is 77.6 Å². The van der Waals surface area contributed by atoms with Crippen molar-refractivity contribution in [1.29, 1.82) is 0 Å². The highest BCUT2D eigenvalue weighted by Crippen LogP contribution is 2.32. The average Bonchev–Trinajstić information content (AvgIpc) is 3.32. The Morgan fingerprint density at radius 1 is 0.970 bits per heavy atom. The van der Waals surface area contributed by atoms with Crippen molar-refractivity contribution in [2.24, 2.45) is 11.8 Å². The van der Waals surface area contributed by atoms with E-state index in [0.29, 0.717) is 23.8 Å². The molecule has 0 aromatic heterocycles. The fourth-order valence-corrected chi connectivity index (χ4v) is 4.64. The van der Waals surface area contributed by atoms with Gasteiger partial charge in [0, 0.05) is 28.7 Å². The number of hydrogen-bond donors (Lipinski definition) is 3. The summed E-state index contributed by atoms with van der Waals surface area (Å²) in [6, 6.07) is 19.3. The molecule has 1 aliphatic heterocycles. The Kier molecular flexibility index (Phi) is 7.33. The predicted molar refractivity (Wildman–Crippen MR) is 132 cm³/mol. The SMILES string of the molecule is CSc1ccccc1-c1ccc(NC(=O)[C@H]2CNC[C@@H]2C(=O)Nc2ccc(Cl)cc2)c(F)c1. The van der Waals surface area contributed by atoms with Gasteiger partial charge in [-0.05, 0) is 59.8 Å². The fourth-order valence-electron chi connectivity index (χ4n) is 3.89. The molecule has 5 nitrogen and oxygen atoms in total. The van der Waals surface area contributed by atoms with Crippen LogP contribution in [0.1, 0.15) is 0 Å². The molecule has 1 saturated heterocycles. The summed E-state index contributed by atoms with van der Waals surface area (Å²) >= 11 is 7.47. The third-order valence-electron chi connectivity index (χ3n) is 5.64. The minimum absolute atomic E-state index is 0.0918. The number of thioether (sulfide) groups is 1. The van der Waals surface area contributed by atoms with Gasteiger partial charge in [0.15, 0.2) is 0 Å². The quantitative estimate of drug-likeness (QED) is 0.417. The van der Waals surface area contributed by atoms with Crippen molar-refractivity contribution in [2.45, 2.75) is 4.90 Å². The Labute approximate surface area is 201 Å². The van der Waals surface area contributed by atoms with E-state index >= 15 is 0 Å². The number of rotatable bonds is 6. The first-order chi connectivity index (χ1) is 16.0. The van der Waals surface area contributed by atoms with E-state index < -0.39 is 23.6 Å². The van der Waals surface area contributed by atoms with Crippen LogP contribution in [-0.2, 0) is 9.59 Å². The molecule has 8 heteroatoms. The summed E-state index contributed by atoms with van der Waals surface area (Å²) in [6.07, 6.45) is 1.97. The van der Waals surface area contributed by atoms with Gasteiger partial charge in [-0.3, -0.25) is 9.59 Å². The number of nitrogens with one attached hydrogen (secondary N) is 3. The summed E-state index contributed by atoms with van der Waals surface area (Å²) < 4.78 is 14.9. The Hall–Kier alpha value is -2.87. The maximum absolute atomic E-state index is 14.9. The number of halogens is 2. The van der Waals surface area contributed by atoms with Crippen LogP contribution in [0.2, 0.25) is 5.02 Å². The molecule has 0 radical (unpaired) electrons. The zero-order valence-electron chi connectivity index (χ0n) is 17.9. The topological polar surface area (TPSA) is 70.2 Å². The minimum Gasteiger partial charge on any atom is -0.326 e. The van der Waals surface area contributed by atoms with Gasteiger partial charge in [0.05, 0.1) is 17.5 Å². The van der Waals surface area contributed by atoms with Crippen LogP contribution in [0.25, 0.3) is 11.1 Å². The normalized spacial score (nSPS) is 17.5. The predicted octanol–water partition coefficient (Wildman–Crippen LogP) is 5.28. The first kappa shape index (κ1) is 23.3. The van der Waals surface area contributed by atoms with Crippen molar-refractivity contribution in [1.82, 2.24) is 5.32 Å². The molecule has 1 aliphatic rings. The van der Waals surface area contributed by atoms with Gasteiger partial charge >= 0.3 is 0 Å². The van der Waals surface area contributed by atoms with Crippen LogP contribution in [0.5, 0.6) is 0 Å². The van der Waals surface area contributed by atoms with Gasteiger partial charge in [-0.15, -0.1) is 11.8 Å². The maximum atomic E-state index is 14.9. The molecule has 3 aromatic carbocycles. The van der Waals surface area contributed by atoms with Crippen LogP contribution >= 0.6 is 23.4 Å². The van der Waals surface area contributed by atoms with Crippen molar-refractivity contribution in [2.75, 3.05) is 30.0 Å². The summed E-state index contributed by atoms with van der Waals surface area (Å²) in [5.41, 5.74) is 2.36. The van der Waals surface area contributed by atoms with E-state index in [4.69, 9.17) is 11.6 Å². The largest absolute Gasteiger partial charge is 0.326 e. The molecule has 170 valence electrons. The minimum atomic E-state index is -0.617. The van der Waals surface area contributed by atoms with E-state index in [2.05, 4.69) is 16.0 Å². The van der Waals surface area contributed by atoms with Gasteiger partial charge in [0.2, 0.25) is 11.8 Å². The molecule has 1 fully saturated rings. The van der Waals surface area contributed by atoms with Gasteiger partial charge < -0.3 is 16.0 Å².